The van der Waals surface area contributed by atoms with E-state index in [4.69, 9.17) is 4.74 Å². The fourth-order valence-corrected chi connectivity index (χ4v) is 3.80. The third-order valence-corrected chi connectivity index (χ3v) is 4.76. The summed E-state index contributed by atoms with van der Waals surface area (Å²) >= 11 is 2.09. The lowest BCUT2D eigenvalue weighted by atomic mass is 10.1. The number of methoxy groups -OCH3 is 1. The molecule has 1 aliphatic heterocycles. The van der Waals surface area contributed by atoms with Crippen LogP contribution >= 0.6 is 11.8 Å². The lowest BCUT2D eigenvalue weighted by Crippen LogP contribution is -2.43. The van der Waals surface area contributed by atoms with Crippen molar-refractivity contribution in [2.75, 3.05) is 12.9 Å². The zero-order valence-electron chi connectivity index (χ0n) is 9.16. The van der Waals surface area contributed by atoms with Crippen molar-refractivity contribution in [3.63, 3.8) is 0 Å². The second-order valence-corrected chi connectivity index (χ2v) is 6.03. The van der Waals surface area contributed by atoms with E-state index in [-0.39, 0.29) is 0 Å². The van der Waals surface area contributed by atoms with E-state index in [1.54, 1.807) is 0 Å². The van der Waals surface area contributed by atoms with Gasteiger partial charge in [0.05, 0.1) is 6.10 Å². The fourth-order valence-electron chi connectivity index (χ4n) is 2.63. The molecule has 14 heavy (non-hydrogen) atoms. The van der Waals surface area contributed by atoms with E-state index < -0.39 is 0 Å². The van der Waals surface area contributed by atoms with Crippen molar-refractivity contribution in [2.45, 2.75) is 56.0 Å². The van der Waals surface area contributed by atoms with Crippen molar-refractivity contribution in [3.05, 3.63) is 0 Å². The average molecular weight is 215 g/mol. The minimum Gasteiger partial charge on any atom is -0.380 e. The van der Waals surface area contributed by atoms with Gasteiger partial charge in [-0.1, -0.05) is 6.92 Å². The molecular formula is C11H21NOS. The molecule has 2 fully saturated rings. The topological polar surface area (TPSA) is 21.3 Å². The molecule has 82 valence electrons. The number of nitrogens with one attached hydrogen (secondary N) is 1. The van der Waals surface area contributed by atoms with Crippen molar-refractivity contribution in [1.82, 2.24) is 5.32 Å². The van der Waals surface area contributed by atoms with Crippen LogP contribution in [0.25, 0.3) is 0 Å². The van der Waals surface area contributed by atoms with E-state index in [2.05, 4.69) is 24.0 Å². The molecule has 2 nitrogen and oxygen atoms in total. The first-order valence-corrected chi connectivity index (χ1v) is 6.75. The van der Waals surface area contributed by atoms with Crippen molar-refractivity contribution in [2.24, 2.45) is 0 Å². The molecule has 2 aliphatic rings. The predicted octanol–water partition coefficient (Wildman–Crippen LogP) is 2.04. The van der Waals surface area contributed by atoms with E-state index in [1.807, 2.05) is 7.11 Å². The highest BCUT2D eigenvalue weighted by Crippen LogP contribution is 2.29. The van der Waals surface area contributed by atoms with E-state index in [9.17, 15) is 0 Å². The second kappa shape index (κ2) is 4.86. The minimum absolute atomic E-state index is 0.468. The van der Waals surface area contributed by atoms with Gasteiger partial charge in [-0.2, -0.15) is 11.8 Å². The Labute approximate surface area is 91.2 Å². The van der Waals surface area contributed by atoms with Gasteiger partial charge in [-0.3, -0.25) is 0 Å². The van der Waals surface area contributed by atoms with Crippen LogP contribution in [0.2, 0.25) is 0 Å². The molecule has 2 rings (SSSR count). The summed E-state index contributed by atoms with van der Waals surface area (Å²) in [6.07, 6.45) is 5.66. The van der Waals surface area contributed by atoms with Gasteiger partial charge in [0, 0.05) is 30.2 Å². The third kappa shape index (κ3) is 2.44. The molecular weight excluding hydrogens is 194 g/mol. The SMILES string of the molecule is COC1CCCC1NC1CSC(C)C1. The van der Waals surface area contributed by atoms with Crippen molar-refractivity contribution < 1.29 is 4.74 Å². The number of hydrogen-bond acceptors (Lipinski definition) is 3. The molecule has 4 unspecified atom stereocenters. The number of ether oxygens (including phenoxy) is 1. The van der Waals surface area contributed by atoms with Crippen LogP contribution in [0.3, 0.4) is 0 Å². The number of rotatable bonds is 3. The standard InChI is InChI=1S/C11H21NOS/c1-8-6-9(7-14-8)12-10-4-3-5-11(10)13-2/h8-12H,3-7H2,1-2H3. The van der Waals surface area contributed by atoms with E-state index in [0.717, 1.165) is 11.3 Å². The molecule has 0 bridgehead atoms. The Balaban J connectivity index is 1.79. The Bertz CT molecular complexity index is 188. The van der Waals surface area contributed by atoms with Crippen LogP contribution in [0.4, 0.5) is 0 Å². The normalized spacial score (nSPS) is 43.3. The number of hydrogen-bond donors (Lipinski definition) is 1. The van der Waals surface area contributed by atoms with Gasteiger partial charge in [0.25, 0.3) is 0 Å². The van der Waals surface area contributed by atoms with Gasteiger partial charge >= 0.3 is 0 Å². The summed E-state index contributed by atoms with van der Waals surface area (Å²) in [4.78, 5) is 0. The van der Waals surface area contributed by atoms with Gasteiger partial charge in [-0.05, 0) is 25.7 Å². The fraction of sp³-hybridized carbons (Fsp3) is 1.00. The van der Waals surface area contributed by atoms with Crippen molar-refractivity contribution in [3.8, 4) is 0 Å². The summed E-state index contributed by atoms with van der Waals surface area (Å²) in [6.45, 7) is 2.33. The zero-order chi connectivity index (χ0) is 9.97. The van der Waals surface area contributed by atoms with Gasteiger partial charge in [0.15, 0.2) is 0 Å². The Morgan fingerprint density at radius 2 is 2.21 bits per heavy atom. The highest BCUT2D eigenvalue weighted by atomic mass is 32.2. The molecule has 1 heterocycles. The molecule has 0 aromatic carbocycles. The van der Waals surface area contributed by atoms with Crippen LogP contribution in [0, 0.1) is 0 Å². The molecule has 0 spiro atoms. The summed E-state index contributed by atoms with van der Waals surface area (Å²) < 4.78 is 5.49. The molecule has 0 aromatic rings. The monoisotopic (exact) mass is 215 g/mol. The van der Waals surface area contributed by atoms with Gasteiger partial charge < -0.3 is 10.1 Å². The van der Waals surface area contributed by atoms with E-state index in [0.29, 0.717) is 12.1 Å². The first kappa shape index (κ1) is 10.8. The zero-order valence-corrected chi connectivity index (χ0v) is 9.98. The first-order chi connectivity index (χ1) is 6.79. The molecule has 1 saturated heterocycles. The van der Waals surface area contributed by atoms with Crippen LogP contribution in [0.1, 0.15) is 32.6 Å². The highest BCUT2D eigenvalue weighted by Gasteiger charge is 2.31. The summed E-state index contributed by atoms with van der Waals surface area (Å²) in [5.41, 5.74) is 0. The van der Waals surface area contributed by atoms with Crippen LogP contribution in [0.5, 0.6) is 0 Å². The second-order valence-electron chi connectivity index (χ2n) is 4.55. The summed E-state index contributed by atoms with van der Waals surface area (Å²) in [7, 11) is 1.84. The van der Waals surface area contributed by atoms with Gasteiger partial charge in [-0.15, -0.1) is 0 Å². The predicted molar refractivity (Wildman–Crippen MR) is 61.9 cm³/mol. The molecule has 3 heteroatoms. The molecule has 1 saturated carbocycles. The maximum Gasteiger partial charge on any atom is 0.0724 e. The average Bonchev–Trinajstić information content (AvgIpc) is 2.76. The summed E-state index contributed by atoms with van der Waals surface area (Å²) in [6, 6.07) is 1.35. The molecule has 4 atom stereocenters. The summed E-state index contributed by atoms with van der Waals surface area (Å²) in [5.74, 6) is 1.29. The first-order valence-electron chi connectivity index (χ1n) is 5.70. The van der Waals surface area contributed by atoms with Crippen LogP contribution in [-0.4, -0.2) is 36.3 Å². The Kier molecular flexibility index (Phi) is 3.74. The third-order valence-electron chi connectivity index (χ3n) is 3.40. The van der Waals surface area contributed by atoms with Gasteiger partial charge in [0.2, 0.25) is 0 Å². The molecule has 1 aliphatic carbocycles. The smallest absolute Gasteiger partial charge is 0.0724 e. The summed E-state index contributed by atoms with van der Waals surface area (Å²) in [5, 5.41) is 4.61. The van der Waals surface area contributed by atoms with Crippen molar-refractivity contribution >= 4 is 11.8 Å². The van der Waals surface area contributed by atoms with Crippen molar-refractivity contribution in [1.29, 1.82) is 0 Å². The molecule has 0 radical (unpaired) electrons. The van der Waals surface area contributed by atoms with Gasteiger partial charge in [0.1, 0.15) is 0 Å². The van der Waals surface area contributed by atoms with E-state index in [1.165, 1.54) is 31.4 Å². The quantitative estimate of drug-likeness (QED) is 0.778. The maximum atomic E-state index is 5.49. The Morgan fingerprint density at radius 1 is 1.36 bits per heavy atom. The molecule has 1 N–H and O–H groups in total. The molecule has 0 aromatic heterocycles. The Morgan fingerprint density at radius 3 is 2.86 bits per heavy atom. The van der Waals surface area contributed by atoms with Gasteiger partial charge in [-0.25, -0.2) is 0 Å². The number of thioether (sulfide) groups is 1. The lowest BCUT2D eigenvalue weighted by molar-refractivity contribution is 0.0821. The lowest BCUT2D eigenvalue weighted by Gasteiger charge is -2.23. The van der Waals surface area contributed by atoms with Crippen LogP contribution in [-0.2, 0) is 4.74 Å². The largest absolute Gasteiger partial charge is 0.380 e. The minimum atomic E-state index is 0.468. The molecule has 0 amide bonds. The van der Waals surface area contributed by atoms with E-state index >= 15 is 0 Å². The van der Waals surface area contributed by atoms with Crippen LogP contribution in [0.15, 0.2) is 0 Å². The van der Waals surface area contributed by atoms with Crippen LogP contribution < -0.4 is 5.32 Å². The maximum absolute atomic E-state index is 5.49. The highest BCUT2D eigenvalue weighted by molar-refractivity contribution is 8.00. The Hall–Kier alpha value is 0.270.